The molecule has 1 aromatic carbocycles. The van der Waals surface area contributed by atoms with Crippen LogP contribution in [0.15, 0.2) is 29.6 Å². The Morgan fingerprint density at radius 1 is 1.32 bits per heavy atom. The van der Waals surface area contributed by atoms with Crippen LogP contribution in [0.25, 0.3) is 11.3 Å². The first-order chi connectivity index (χ1) is 9.20. The average Bonchev–Trinajstić information content (AvgIpc) is 3.00. The van der Waals surface area contributed by atoms with Crippen LogP contribution in [-0.2, 0) is 0 Å². The van der Waals surface area contributed by atoms with Crippen molar-refractivity contribution in [3.8, 4) is 11.3 Å². The molecule has 1 fully saturated rings. The van der Waals surface area contributed by atoms with Crippen LogP contribution in [-0.4, -0.2) is 36.1 Å². The predicted molar refractivity (Wildman–Crippen MR) is 81.8 cm³/mol. The van der Waals surface area contributed by atoms with Gasteiger partial charge in [0.25, 0.3) is 0 Å². The molecule has 1 atom stereocenters. The molecule has 1 aromatic heterocycles. The quantitative estimate of drug-likeness (QED) is 0.930. The van der Waals surface area contributed by atoms with Gasteiger partial charge in [0, 0.05) is 29.2 Å². The summed E-state index contributed by atoms with van der Waals surface area (Å²) in [7, 11) is 2.18. The number of hydrogen-bond acceptors (Lipinski definition) is 4. The Morgan fingerprint density at radius 3 is 2.68 bits per heavy atom. The highest BCUT2D eigenvalue weighted by molar-refractivity contribution is 7.09. The van der Waals surface area contributed by atoms with Crippen LogP contribution in [0.1, 0.15) is 11.4 Å². The summed E-state index contributed by atoms with van der Waals surface area (Å²) in [4.78, 5) is 6.88. The Labute approximate surface area is 118 Å². The molecule has 100 valence electrons. The lowest BCUT2D eigenvalue weighted by atomic mass is 10.1. The van der Waals surface area contributed by atoms with E-state index in [2.05, 4.69) is 51.9 Å². The minimum absolute atomic E-state index is 0.581. The third-order valence-electron chi connectivity index (χ3n) is 3.56. The van der Waals surface area contributed by atoms with E-state index in [0.29, 0.717) is 6.04 Å². The SMILES string of the molecule is Cc1nc(-c2ccc(NC3CCN(C)C3)cc2)cs1. The highest BCUT2D eigenvalue weighted by Crippen LogP contribution is 2.24. The number of hydrogen-bond donors (Lipinski definition) is 1. The van der Waals surface area contributed by atoms with Crippen molar-refractivity contribution in [2.24, 2.45) is 0 Å². The average molecular weight is 273 g/mol. The number of aryl methyl sites for hydroxylation is 1. The van der Waals surface area contributed by atoms with Crippen molar-refractivity contribution in [1.29, 1.82) is 0 Å². The minimum Gasteiger partial charge on any atom is -0.381 e. The normalized spacial score (nSPS) is 19.8. The van der Waals surface area contributed by atoms with E-state index in [1.165, 1.54) is 24.2 Å². The number of nitrogens with one attached hydrogen (secondary N) is 1. The second-order valence-corrected chi connectivity index (χ2v) is 6.28. The molecule has 3 nitrogen and oxygen atoms in total. The molecule has 4 heteroatoms. The van der Waals surface area contributed by atoms with E-state index in [4.69, 9.17) is 0 Å². The summed E-state index contributed by atoms with van der Waals surface area (Å²) in [5.41, 5.74) is 3.48. The van der Waals surface area contributed by atoms with Crippen molar-refractivity contribution < 1.29 is 0 Å². The van der Waals surface area contributed by atoms with Gasteiger partial charge in [-0.1, -0.05) is 12.1 Å². The van der Waals surface area contributed by atoms with Crippen molar-refractivity contribution in [2.45, 2.75) is 19.4 Å². The van der Waals surface area contributed by atoms with E-state index in [1.54, 1.807) is 11.3 Å². The van der Waals surface area contributed by atoms with E-state index in [9.17, 15) is 0 Å². The van der Waals surface area contributed by atoms with Gasteiger partial charge in [0.1, 0.15) is 0 Å². The van der Waals surface area contributed by atoms with Crippen molar-refractivity contribution >= 4 is 17.0 Å². The molecule has 19 heavy (non-hydrogen) atoms. The molecule has 2 aromatic rings. The minimum atomic E-state index is 0.581. The molecule has 0 saturated carbocycles. The van der Waals surface area contributed by atoms with E-state index in [-0.39, 0.29) is 0 Å². The molecule has 1 aliphatic heterocycles. The molecule has 1 aliphatic rings. The van der Waals surface area contributed by atoms with Gasteiger partial charge in [-0.15, -0.1) is 11.3 Å². The summed E-state index contributed by atoms with van der Waals surface area (Å²) >= 11 is 1.70. The zero-order valence-electron chi connectivity index (χ0n) is 11.4. The smallest absolute Gasteiger partial charge is 0.0901 e. The van der Waals surface area contributed by atoms with E-state index in [0.717, 1.165) is 17.2 Å². The fourth-order valence-electron chi connectivity index (χ4n) is 2.52. The fraction of sp³-hybridized carbons (Fsp3) is 0.400. The lowest BCUT2D eigenvalue weighted by Gasteiger charge is -2.14. The maximum absolute atomic E-state index is 4.52. The number of likely N-dealkylation sites (N-methyl/N-ethyl adjacent to an activating group) is 1. The van der Waals surface area contributed by atoms with Gasteiger partial charge in [-0.3, -0.25) is 0 Å². The first kappa shape index (κ1) is 12.6. The first-order valence-corrected chi connectivity index (χ1v) is 7.56. The lowest BCUT2D eigenvalue weighted by Crippen LogP contribution is -2.23. The van der Waals surface area contributed by atoms with Gasteiger partial charge in [0.05, 0.1) is 10.7 Å². The summed E-state index contributed by atoms with van der Waals surface area (Å²) in [6.07, 6.45) is 1.23. The fourth-order valence-corrected chi connectivity index (χ4v) is 3.14. The third-order valence-corrected chi connectivity index (χ3v) is 4.34. The second-order valence-electron chi connectivity index (χ2n) is 5.22. The van der Waals surface area contributed by atoms with Gasteiger partial charge in [-0.25, -0.2) is 4.98 Å². The first-order valence-electron chi connectivity index (χ1n) is 6.68. The van der Waals surface area contributed by atoms with Crippen LogP contribution in [0.2, 0.25) is 0 Å². The molecule has 1 N–H and O–H groups in total. The number of benzene rings is 1. The van der Waals surface area contributed by atoms with Crippen LogP contribution in [0, 0.1) is 6.92 Å². The van der Waals surface area contributed by atoms with Crippen molar-refractivity contribution in [2.75, 3.05) is 25.5 Å². The van der Waals surface area contributed by atoms with Crippen molar-refractivity contribution in [3.05, 3.63) is 34.7 Å². The number of thiazole rings is 1. The van der Waals surface area contributed by atoms with Gasteiger partial charge in [0.2, 0.25) is 0 Å². The number of likely N-dealkylation sites (tertiary alicyclic amines) is 1. The molecule has 3 rings (SSSR count). The Hall–Kier alpha value is -1.39. The predicted octanol–water partition coefficient (Wildman–Crippen LogP) is 3.23. The van der Waals surface area contributed by atoms with Crippen LogP contribution >= 0.6 is 11.3 Å². The number of aromatic nitrogens is 1. The Balaban J connectivity index is 1.69. The number of anilines is 1. The van der Waals surface area contributed by atoms with Gasteiger partial charge in [0.15, 0.2) is 0 Å². The summed E-state index contributed by atoms with van der Waals surface area (Å²) < 4.78 is 0. The van der Waals surface area contributed by atoms with Crippen LogP contribution < -0.4 is 5.32 Å². The topological polar surface area (TPSA) is 28.2 Å². The largest absolute Gasteiger partial charge is 0.381 e. The van der Waals surface area contributed by atoms with Crippen LogP contribution in [0.3, 0.4) is 0 Å². The molecule has 0 amide bonds. The molecular weight excluding hydrogens is 254 g/mol. The molecule has 0 aliphatic carbocycles. The lowest BCUT2D eigenvalue weighted by molar-refractivity contribution is 0.414. The molecule has 1 saturated heterocycles. The highest BCUT2D eigenvalue weighted by atomic mass is 32.1. The number of rotatable bonds is 3. The summed E-state index contributed by atoms with van der Waals surface area (Å²) in [5, 5.41) is 6.83. The van der Waals surface area contributed by atoms with Crippen LogP contribution in [0.5, 0.6) is 0 Å². The molecular formula is C15H19N3S. The summed E-state index contributed by atoms with van der Waals surface area (Å²) in [6.45, 7) is 4.36. The van der Waals surface area contributed by atoms with Gasteiger partial charge in [-0.05, 0) is 39.1 Å². The molecule has 0 bridgehead atoms. The van der Waals surface area contributed by atoms with Crippen molar-refractivity contribution in [1.82, 2.24) is 9.88 Å². The van der Waals surface area contributed by atoms with E-state index in [1.807, 2.05) is 6.92 Å². The maximum atomic E-state index is 4.52. The van der Waals surface area contributed by atoms with E-state index < -0.39 is 0 Å². The Morgan fingerprint density at radius 2 is 2.11 bits per heavy atom. The molecule has 2 heterocycles. The zero-order chi connectivity index (χ0) is 13.2. The monoisotopic (exact) mass is 273 g/mol. The summed E-state index contributed by atoms with van der Waals surface area (Å²) in [5.74, 6) is 0. The Kier molecular flexibility index (Phi) is 3.53. The molecule has 0 radical (unpaired) electrons. The standard InChI is InChI=1S/C15H19N3S/c1-11-16-15(10-19-11)12-3-5-13(6-4-12)17-14-7-8-18(2)9-14/h3-6,10,14,17H,7-9H2,1-2H3. The summed E-state index contributed by atoms with van der Waals surface area (Å²) in [6, 6.07) is 9.19. The van der Waals surface area contributed by atoms with E-state index >= 15 is 0 Å². The number of nitrogens with zero attached hydrogens (tertiary/aromatic N) is 2. The zero-order valence-corrected chi connectivity index (χ0v) is 12.2. The third kappa shape index (κ3) is 2.96. The van der Waals surface area contributed by atoms with Gasteiger partial charge >= 0.3 is 0 Å². The van der Waals surface area contributed by atoms with Gasteiger partial charge in [-0.2, -0.15) is 0 Å². The van der Waals surface area contributed by atoms with Gasteiger partial charge < -0.3 is 10.2 Å². The van der Waals surface area contributed by atoms with Crippen LogP contribution in [0.4, 0.5) is 5.69 Å². The molecule has 1 unspecified atom stereocenters. The molecule has 0 spiro atoms. The highest BCUT2D eigenvalue weighted by Gasteiger charge is 2.18. The second kappa shape index (κ2) is 5.31. The maximum Gasteiger partial charge on any atom is 0.0901 e. The van der Waals surface area contributed by atoms with Crippen molar-refractivity contribution in [3.63, 3.8) is 0 Å². The Bertz CT molecular complexity index is 547.